The second kappa shape index (κ2) is 8.52. The predicted molar refractivity (Wildman–Crippen MR) is 120 cm³/mol. The van der Waals surface area contributed by atoms with Crippen LogP contribution in [0.15, 0.2) is 46.9 Å². The maximum absolute atomic E-state index is 13.6. The number of nitrogens with zero attached hydrogens (tertiary/aromatic N) is 2. The summed E-state index contributed by atoms with van der Waals surface area (Å²) in [7, 11) is 4.04. The largest absolute Gasteiger partial charge is 0.451 e. The fourth-order valence-corrected chi connectivity index (χ4v) is 4.05. The number of amides is 1. The van der Waals surface area contributed by atoms with E-state index in [0.717, 1.165) is 52.8 Å². The fourth-order valence-electron chi connectivity index (χ4n) is 4.05. The molecular formula is C25H30N2O3. The van der Waals surface area contributed by atoms with Gasteiger partial charge < -0.3 is 19.0 Å². The zero-order chi connectivity index (χ0) is 21.3. The average molecular weight is 407 g/mol. The Morgan fingerprint density at radius 2 is 1.87 bits per heavy atom. The lowest BCUT2D eigenvalue weighted by Crippen LogP contribution is -2.37. The summed E-state index contributed by atoms with van der Waals surface area (Å²) >= 11 is 0. The van der Waals surface area contributed by atoms with Gasteiger partial charge in [0, 0.05) is 50.4 Å². The molecule has 0 radical (unpaired) electrons. The Morgan fingerprint density at radius 1 is 1.10 bits per heavy atom. The van der Waals surface area contributed by atoms with E-state index in [0.29, 0.717) is 18.8 Å². The van der Waals surface area contributed by atoms with E-state index in [1.54, 1.807) is 0 Å². The van der Waals surface area contributed by atoms with Gasteiger partial charge in [-0.25, -0.2) is 0 Å². The van der Waals surface area contributed by atoms with Crippen LogP contribution < -0.4 is 4.90 Å². The van der Waals surface area contributed by atoms with Crippen LogP contribution >= 0.6 is 0 Å². The Morgan fingerprint density at radius 3 is 2.53 bits per heavy atom. The molecule has 158 valence electrons. The first kappa shape index (κ1) is 20.5. The molecule has 2 aromatic carbocycles. The zero-order valence-electron chi connectivity index (χ0n) is 18.3. The lowest BCUT2D eigenvalue weighted by molar-refractivity contribution is 0.0485. The normalized spacial score (nSPS) is 16.2. The average Bonchev–Trinajstić information content (AvgIpc) is 3.35. The third-order valence-electron chi connectivity index (χ3n) is 5.85. The van der Waals surface area contributed by atoms with Crippen molar-refractivity contribution in [3.63, 3.8) is 0 Å². The van der Waals surface area contributed by atoms with Crippen LogP contribution in [0.2, 0.25) is 0 Å². The molecule has 1 amide bonds. The molecule has 3 aromatic rings. The summed E-state index contributed by atoms with van der Waals surface area (Å²) in [6.45, 7) is 5.86. The van der Waals surface area contributed by atoms with Crippen molar-refractivity contribution in [3.05, 3.63) is 64.9 Å². The van der Waals surface area contributed by atoms with Crippen LogP contribution in [0.4, 0.5) is 5.69 Å². The molecule has 0 spiro atoms. The number of furan rings is 1. The van der Waals surface area contributed by atoms with Gasteiger partial charge in [-0.15, -0.1) is 0 Å². The quantitative estimate of drug-likeness (QED) is 0.582. The molecule has 0 saturated carbocycles. The predicted octanol–water partition coefficient (Wildman–Crippen LogP) is 4.94. The Balaban J connectivity index is 1.63. The Bertz CT molecular complexity index is 1030. The van der Waals surface area contributed by atoms with E-state index in [1.165, 1.54) is 0 Å². The number of carbonyl (C=O) groups excluding carboxylic acids is 1. The van der Waals surface area contributed by atoms with E-state index >= 15 is 0 Å². The summed E-state index contributed by atoms with van der Waals surface area (Å²) in [5, 5.41) is 0.997. The van der Waals surface area contributed by atoms with Crippen LogP contribution in [0.25, 0.3) is 11.0 Å². The Kier molecular flexibility index (Phi) is 5.82. The van der Waals surface area contributed by atoms with Crippen molar-refractivity contribution in [2.75, 3.05) is 32.1 Å². The van der Waals surface area contributed by atoms with Gasteiger partial charge in [-0.3, -0.25) is 4.79 Å². The highest BCUT2D eigenvalue weighted by molar-refractivity contribution is 5.99. The number of hydrogen-bond acceptors (Lipinski definition) is 4. The minimum atomic E-state index is -0.0754. The van der Waals surface area contributed by atoms with E-state index in [9.17, 15) is 4.79 Å². The summed E-state index contributed by atoms with van der Waals surface area (Å²) in [6.07, 6.45) is 2.12. The van der Waals surface area contributed by atoms with E-state index in [1.807, 2.05) is 45.0 Å². The second-order valence-corrected chi connectivity index (χ2v) is 8.44. The van der Waals surface area contributed by atoms with Crippen molar-refractivity contribution in [2.45, 2.75) is 39.3 Å². The van der Waals surface area contributed by atoms with Crippen molar-refractivity contribution >= 4 is 22.6 Å². The molecule has 30 heavy (non-hydrogen) atoms. The van der Waals surface area contributed by atoms with Crippen LogP contribution in [0.5, 0.6) is 0 Å². The zero-order valence-corrected chi connectivity index (χ0v) is 18.3. The first-order valence-electron chi connectivity index (χ1n) is 10.6. The molecule has 0 unspecified atom stereocenters. The van der Waals surface area contributed by atoms with Gasteiger partial charge in [0.1, 0.15) is 5.58 Å². The minimum absolute atomic E-state index is 0.0754. The number of anilines is 1. The summed E-state index contributed by atoms with van der Waals surface area (Å²) in [5.41, 5.74) is 5.02. The van der Waals surface area contributed by atoms with Crippen LogP contribution in [-0.4, -0.2) is 44.2 Å². The summed E-state index contributed by atoms with van der Waals surface area (Å²) < 4.78 is 11.9. The van der Waals surface area contributed by atoms with Gasteiger partial charge in [0.25, 0.3) is 5.91 Å². The molecule has 1 aliphatic heterocycles. The second-order valence-electron chi connectivity index (χ2n) is 8.44. The topological polar surface area (TPSA) is 45.9 Å². The lowest BCUT2D eigenvalue weighted by Gasteiger charge is -2.25. The number of carbonyl (C=O) groups is 1. The highest BCUT2D eigenvalue weighted by Crippen LogP contribution is 2.28. The number of ether oxygens (including phenoxy) is 1. The molecule has 1 atom stereocenters. The van der Waals surface area contributed by atoms with Gasteiger partial charge in [-0.2, -0.15) is 0 Å². The van der Waals surface area contributed by atoms with Crippen LogP contribution in [0.1, 0.15) is 40.1 Å². The third kappa shape index (κ3) is 4.21. The number of fused-ring (bicyclic) bond motifs is 1. The molecule has 5 nitrogen and oxygen atoms in total. The molecule has 0 aliphatic carbocycles. The van der Waals surface area contributed by atoms with Crippen molar-refractivity contribution < 1.29 is 13.9 Å². The van der Waals surface area contributed by atoms with Crippen molar-refractivity contribution in [3.8, 4) is 0 Å². The molecule has 1 fully saturated rings. The molecule has 0 bridgehead atoms. The number of aryl methyl sites for hydroxylation is 2. The van der Waals surface area contributed by atoms with E-state index in [4.69, 9.17) is 9.15 Å². The smallest absolute Gasteiger partial charge is 0.290 e. The molecule has 1 saturated heterocycles. The highest BCUT2D eigenvalue weighted by Gasteiger charge is 2.27. The van der Waals surface area contributed by atoms with Gasteiger partial charge in [0.05, 0.1) is 6.10 Å². The van der Waals surface area contributed by atoms with Gasteiger partial charge in [0.15, 0.2) is 5.76 Å². The van der Waals surface area contributed by atoms with E-state index in [-0.39, 0.29) is 12.0 Å². The fraction of sp³-hybridized carbons (Fsp3) is 0.400. The maximum atomic E-state index is 13.6. The number of rotatable bonds is 6. The SMILES string of the molecule is Cc1ccc2c(C)c(C(=O)N(Cc3ccc(N(C)C)cc3)C[C@@H]3CCCO3)oc2c1. The molecular weight excluding hydrogens is 376 g/mol. The van der Waals surface area contributed by atoms with E-state index < -0.39 is 0 Å². The van der Waals surface area contributed by atoms with Gasteiger partial charge in [-0.05, 0) is 56.0 Å². The Hall–Kier alpha value is -2.79. The molecule has 1 aliphatic rings. The number of benzene rings is 2. The van der Waals surface area contributed by atoms with Gasteiger partial charge in [0.2, 0.25) is 0 Å². The molecule has 5 heteroatoms. The van der Waals surface area contributed by atoms with Gasteiger partial charge in [-0.1, -0.05) is 24.3 Å². The van der Waals surface area contributed by atoms with Crippen molar-refractivity contribution in [1.82, 2.24) is 4.90 Å². The maximum Gasteiger partial charge on any atom is 0.290 e. The molecule has 2 heterocycles. The first-order valence-corrected chi connectivity index (χ1v) is 10.6. The van der Waals surface area contributed by atoms with E-state index in [2.05, 4.69) is 35.2 Å². The van der Waals surface area contributed by atoms with Crippen molar-refractivity contribution in [2.24, 2.45) is 0 Å². The summed E-state index contributed by atoms with van der Waals surface area (Å²) in [4.78, 5) is 17.5. The highest BCUT2D eigenvalue weighted by atomic mass is 16.5. The van der Waals surface area contributed by atoms with Gasteiger partial charge >= 0.3 is 0 Å². The molecule has 4 rings (SSSR count). The third-order valence-corrected chi connectivity index (χ3v) is 5.85. The Labute approximate surface area is 178 Å². The van der Waals surface area contributed by atoms with Crippen LogP contribution in [0, 0.1) is 13.8 Å². The van der Waals surface area contributed by atoms with Crippen LogP contribution in [0.3, 0.4) is 0 Å². The first-order chi connectivity index (χ1) is 14.4. The monoisotopic (exact) mass is 406 g/mol. The molecule has 0 N–H and O–H groups in total. The summed E-state index contributed by atoms with van der Waals surface area (Å²) in [5.74, 6) is 0.354. The molecule has 1 aromatic heterocycles. The van der Waals surface area contributed by atoms with Crippen LogP contribution in [-0.2, 0) is 11.3 Å². The standard InChI is InChI=1S/C25H30N2O3/c1-17-7-12-22-18(2)24(30-23(22)14-17)25(28)27(16-21-6-5-13-29-21)15-19-8-10-20(11-9-19)26(3)4/h7-12,14,21H,5-6,13,15-16H2,1-4H3/t21-/m0/s1. The summed E-state index contributed by atoms with van der Waals surface area (Å²) in [6, 6.07) is 14.4. The minimum Gasteiger partial charge on any atom is -0.451 e. The lowest BCUT2D eigenvalue weighted by atomic mass is 10.1. The van der Waals surface area contributed by atoms with Crippen molar-refractivity contribution in [1.29, 1.82) is 0 Å². The number of hydrogen-bond donors (Lipinski definition) is 0.